The summed E-state index contributed by atoms with van der Waals surface area (Å²) in [6.07, 6.45) is 4.77. The third kappa shape index (κ3) is 4.01. The molecule has 8 heteroatoms. The van der Waals surface area contributed by atoms with Gasteiger partial charge >= 0.3 is 6.61 Å². The van der Waals surface area contributed by atoms with Crippen LogP contribution in [0.4, 0.5) is 14.5 Å². The predicted molar refractivity (Wildman–Crippen MR) is 84.4 cm³/mol. The number of nitrogens with zero attached hydrogens (tertiary/aromatic N) is 2. The molecule has 2 heterocycles. The maximum absolute atomic E-state index is 12.2. The molecule has 1 aromatic heterocycles. The number of benzene rings is 1. The van der Waals surface area contributed by atoms with Crippen LogP contribution in [0.1, 0.15) is 23.3 Å². The molecule has 24 heavy (non-hydrogen) atoms. The van der Waals surface area contributed by atoms with Gasteiger partial charge in [-0.2, -0.15) is 8.78 Å². The molecular weight excluding hydrogens is 318 g/mol. The fourth-order valence-corrected chi connectivity index (χ4v) is 2.81. The van der Waals surface area contributed by atoms with Gasteiger partial charge in [0.05, 0.1) is 12.5 Å². The second-order valence-corrected chi connectivity index (χ2v) is 5.60. The van der Waals surface area contributed by atoms with Gasteiger partial charge in [-0.1, -0.05) is 0 Å². The fraction of sp³-hybridized carbons (Fsp3) is 0.375. The van der Waals surface area contributed by atoms with Gasteiger partial charge in [0.25, 0.3) is 5.91 Å². The van der Waals surface area contributed by atoms with Gasteiger partial charge in [0.15, 0.2) is 0 Å². The van der Waals surface area contributed by atoms with E-state index in [1.807, 2.05) is 0 Å². The average molecular weight is 336 g/mol. The number of halogens is 2. The number of alkyl halides is 2. The minimum absolute atomic E-state index is 0.0199. The Bertz CT molecular complexity index is 661. The van der Waals surface area contributed by atoms with Crippen molar-refractivity contribution < 1.29 is 18.3 Å². The molecule has 128 valence electrons. The standard InChI is InChI=1S/C16H18F2N4O2/c17-16(18)24-13-5-3-12(4-6-13)22-7-1-2-11(9-22)21-15(23)14-8-19-10-20-14/h3-6,8,10-11,16H,1-2,7,9H2,(H,19,20)(H,21,23)/t11-/m0/s1. The number of aromatic nitrogens is 2. The van der Waals surface area contributed by atoms with E-state index in [-0.39, 0.29) is 17.7 Å². The lowest BCUT2D eigenvalue weighted by Gasteiger charge is -2.34. The maximum Gasteiger partial charge on any atom is 0.387 e. The molecule has 0 radical (unpaired) electrons. The van der Waals surface area contributed by atoms with E-state index in [1.165, 1.54) is 24.7 Å². The molecule has 0 bridgehead atoms. The van der Waals surface area contributed by atoms with Gasteiger partial charge in [-0.05, 0) is 37.1 Å². The summed E-state index contributed by atoms with van der Waals surface area (Å²) >= 11 is 0. The van der Waals surface area contributed by atoms with E-state index in [0.29, 0.717) is 12.2 Å². The molecule has 0 saturated carbocycles. The summed E-state index contributed by atoms with van der Waals surface area (Å²) in [7, 11) is 0. The molecule has 1 atom stereocenters. The first-order valence-corrected chi connectivity index (χ1v) is 7.71. The van der Waals surface area contributed by atoms with Gasteiger partial charge in [0.2, 0.25) is 0 Å². The number of aromatic amines is 1. The molecule has 1 aromatic carbocycles. The van der Waals surface area contributed by atoms with E-state index in [9.17, 15) is 13.6 Å². The highest BCUT2D eigenvalue weighted by Crippen LogP contribution is 2.24. The number of carbonyl (C=O) groups excluding carboxylic acids is 1. The summed E-state index contributed by atoms with van der Waals surface area (Å²) in [5.41, 5.74) is 1.35. The van der Waals surface area contributed by atoms with Gasteiger partial charge in [-0.25, -0.2) is 4.98 Å². The number of nitrogens with one attached hydrogen (secondary N) is 2. The van der Waals surface area contributed by atoms with Crippen molar-refractivity contribution in [3.8, 4) is 5.75 Å². The molecule has 2 aromatic rings. The van der Waals surface area contributed by atoms with Crippen molar-refractivity contribution >= 4 is 11.6 Å². The Morgan fingerprint density at radius 3 is 2.83 bits per heavy atom. The lowest BCUT2D eigenvalue weighted by molar-refractivity contribution is -0.0498. The summed E-state index contributed by atoms with van der Waals surface area (Å²) in [6.45, 7) is -1.31. The van der Waals surface area contributed by atoms with E-state index in [0.717, 1.165) is 25.1 Å². The largest absolute Gasteiger partial charge is 0.435 e. The van der Waals surface area contributed by atoms with Gasteiger partial charge in [0.1, 0.15) is 11.4 Å². The highest BCUT2D eigenvalue weighted by molar-refractivity contribution is 5.92. The maximum atomic E-state index is 12.2. The Hall–Kier alpha value is -2.64. The van der Waals surface area contributed by atoms with Crippen molar-refractivity contribution in [2.24, 2.45) is 0 Å². The van der Waals surface area contributed by atoms with Crippen molar-refractivity contribution in [1.29, 1.82) is 0 Å². The number of imidazole rings is 1. The molecule has 1 amide bonds. The van der Waals surface area contributed by atoms with Gasteiger partial charge < -0.3 is 19.9 Å². The Balaban J connectivity index is 1.59. The normalized spacial score (nSPS) is 17.8. The van der Waals surface area contributed by atoms with Crippen LogP contribution in [0.15, 0.2) is 36.8 Å². The van der Waals surface area contributed by atoms with Gasteiger partial charge in [-0.15, -0.1) is 0 Å². The lowest BCUT2D eigenvalue weighted by Crippen LogP contribution is -2.47. The van der Waals surface area contributed by atoms with Crippen LogP contribution >= 0.6 is 0 Å². The van der Waals surface area contributed by atoms with E-state index in [1.54, 1.807) is 12.1 Å². The Morgan fingerprint density at radius 1 is 1.38 bits per heavy atom. The zero-order valence-corrected chi connectivity index (χ0v) is 12.9. The van der Waals surface area contributed by atoms with Gasteiger partial charge in [-0.3, -0.25) is 4.79 Å². The number of hydrogen-bond donors (Lipinski definition) is 2. The summed E-state index contributed by atoms with van der Waals surface area (Å²) in [6, 6.07) is 6.56. The molecule has 1 aliphatic rings. The molecular formula is C16H18F2N4O2. The Morgan fingerprint density at radius 2 is 2.17 bits per heavy atom. The molecule has 3 rings (SSSR count). The van der Waals surface area contributed by atoms with Crippen LogP contribution in [0.2, 0.25) is 0 Å². The van der Waals surface area contributed by atoms with E-state index < -0.39 is 6.61 Å². The van der Waals surface area contributed by atoms with Crippen LogP contribution in [0, 0.1) is 0 Å². The second-order valence-electron chi connectivity index (χ2n) is 5.60. The molecule has 2 N–H and O–H groups in total. The number of H-pyrrole nitrogens is 1. The monoisotopic (exact) mass is 336 g/mol. The average Bonchev–Trinajstić information content (AvgIpc) is 3.10. The zero-order valence-electron chi connectivity index (χ0n) is 12.9. The highest BCUT2D eigenvalue weighted by Gasteiger charge is 2.22. The van der Waals surface area contributed by atoms with Crippen molar-refractivity contribution in [1.82, 2.24) is 15.3 Å². The first kappa shape index (κ1) is 16.2. The van der Waals surface area contributed by atoms with Crippen LogP contribution in [0.25, 0.3) is 0 Å². The second kappa shape index (κ2) is 7.29. The summed E-state index contributed by atoms with van der Waals surface area (Å²) in [5, 5.41) is 2.98. The van der Waals surface area contributed by atoms with Crippen molar-refractivity contribution in [2.45, 2.75) is 25.5 Å². The van der Waals surface area contributed by atoms with E-state index in [4.69, 9.17) is 0 Å². The molecule has 0 aliphatic carbocycles. The zero-order chi connectivity index (χ0) is 16.9. The Labute approximate surface area is 137 Å². The van der Waals surface area contributed by atoms with E-state index >= 15 is 0 Å². The number of ether oxygens (including phenoxy) is 1. The number of amides is 1. The van der Waals surface area contributed by atoms with Crippen LogP contribution < -0.4 is 15.0 Å². The summed E-state index contributed by atoms with van der Waals surface area (Å²) in [4.78, 5) is 20.8. The third-order valence-electron chi connectivity index (χ3n) is 3.93. The lowest BCUT2D eigenvalue weighted by atomic mass is 10.0. The van der Waals surface area contributed by atoms with Crippen molar-refractivity contribution in [3.63, 3.8) is 0 Å². The number of rotatable bonds is 5. The highest BCUT2D eigenvalue weighted by atomic mass is 19.3. The molecule has 1 aliphatic heterocycles. The number of piperidine rings is 1. The molecule has 6 nitrogen and oxygen atoms in total. The Kier molecular flexibility index (Phi) is 4.93. The van der Waals surface area contributed by atoms with Gasteiger partial charge in [0, 0.05) is 24.8 Å². The van der Waals surface area contributed by atoms with E-state index in [2.05, 4.69) is 24.9 Å². The smallest absolute Gasteiger partial charge is 0.387 e. The molecule has 0 spiro atoms. The molecule has 0 unspecified atom stereocenters. The van der Waals surface area contributed by atoms with Crippen LogP contribution in [-0.2, 0) is 0 Å². The van der Waals surface area contributed by atoms with Crippen molar-refractivity contribution in [2.75, 3.05) is 18.0 Å². The SMILES string of the molecule is O=C(N[C@H]1CCCN(c2ccc(OC(F)F)cc2)C1)c1cnc[nH]1. The number of hydrogen-bond acceptors (Lipinski definition) is 4. The fourth-order valence-electron chi connectivity index (χ4n) is 2.81. The number of anilines is 1. The quantitative estimate of drug-likeness (QED) is 0.880. The summed E-state index contributed by atoms with van der Waals surface area (Å²) in [5.74, 6) is -0.0464. The predicted octanol–water partition coefficient (Wildman–Crippen LogP) is 2.41. The molecule has 1 saturated heterocycles. The first-order chi connectivity index (χ1) is 11.6. The number of carbonyl (C=O) groups is 1. The first-order valence-electron chi connectivity index (χ1n) is 7.71. The van der Waals surface area contributed by atoms with Crippen LogP contribution in [-0.4, -0.2) is 41.6 Å². The minimum Gasteiger partial charge on any atom is -0.435 e. The summed E-state index contributed by atoms with van der Waals surface area (Å²) < 4.78 is 28.7. The van der Waals surface area contributed by atoms with Crippen LogP contribution in [0.5, 0.6) is 5.75 Å². The van der Waals surface area contributed by atoms with Crippen molar-refractivity contribution in [3.05, 3.63) is 42.5 Å². The third-order valence-corrected chi connectivity index (χ3v) is 3.93. The topological polar surface area (TPSA) is 70.2 Å². The van der Waals surface area contributed by atoms with Crippen LogP contribution in [0.3, 0.4) is 0 Å². The molecule has 1 fully saturated rings. The minimum atomic E-state index is -2.83.